The van der Waals surface area contributed by atoms with Crippen molar-refractivity contribution in [2.75, 3.05) is 7.11 Å². The lowest BCUT2D eigenvalue weighted by Crippen LogP contribution is -2.39. The van der Waals surface area contributed by atoms with Crippen LogP contribution in [0.5, 0.6) is 0 Å². The number of carbonyl (C=O) groups is 1. The summed E-state index contributed by atoms with van der Waals surface area (Å²) in [6, 6.07) is 2.16. The molecular formula is C19H25N5O2. The Morgan fingerprint density at radius 1 is 1.19 bits per heavy atom. The molecule has 138 valence electrons. The Morgan fingerprint density at radius 2 is 1.96 bits per heavy atom. The molecular weight excluding hydrogens is 330 g/mol. The smallest absolute Gasteiger partial charge is 0.289 e. The molecule has 0 spiro atoms. The number of hydrogen-bond acceptors (Lipinski definition) is 5. The van der Waals surface area contributed by atoms with Crippen LogP contribution in [0.3, 0.4) is 0 Å². The van der Waals surface area contributed by atoms with Gasteiger partial charge in [0.25, 0.3) is 5.91 Å². The van der Waals surface area contributed by atoms with Crippen molar-refractivity contribution in [2.45, 2.75) is 56.6 Å². The molecule has 0 radical (unpaired) electrons. The lowest BCUT2D eigenvalue weighted by Gasteiger charge is -2.28. The quantitative estimate of drug-likeness (QED) is 0.891. The van der Waals surface area contributed by atoms with Crippen molar-refractivity contribution in [3.05, 3.63) is 30.1 Å². The van der Waals surface area contributed by atoms with E-state index in [1.54, 1.807) is 19.6 Å². The molecule has 0 aliphatic heterocycles. The molecule has 2 aliphatic carbocycles. The van der Waals surface area contributed by atoms with Crippen LogP contribution >= 0.6 is 0 Å². The summed E-state index contributed by atoms with van der Waals surface area (Å²) in [5.74, 6) is 0.532. The number of methoxy groups -OCH3 is 1. The average Bonchev–Trinajstić information content (AvgIpc) is 3.43. The van der Waals surface area contributed by atoms with E-state index in [0.29, 0.717) is 12.0 Å². The van der Waals surface area contributed by atoms with E-state index in [1.165, 1.54) is 0 Å². The summed E-state index contributed by atoms with van der Waals surface area (Å²) < 4.78 is 7.31. The van der Waals surface area contributed by atoms with Crippen LogP contribution in [0.2, 0.25) is 0 Å². The van der Waals surface area contributed by atoms with Gasteiger partial charge in [-0.25, -0.2) is 15.0 Å². The summed E-state index contributed by atoms with van der Waals surface area (Å²) in [7, 11) is 3.68. The number of nitrogens with one attached hydrogen (secondary N) is 1. The summed E-state index contributed by atoms with van der Waals surface area (Å²) in [5, 5.41) is 3.11. The zero-order valence-corrected chi connectivity index (χ0v) is 15.3. The molecule has 0 atom stereocenters. The molecule has 0 saturated heterocycles. The molecule has 2 heterocycles. The van der Waals surface area contributed by atoms with E-state index in [2.05, 4.69) is 20.3 Å². The van der Waals surface area contributed by atoms with Gasteiger partial charge in [0.05, 0.1) is 30.0 Å². The Labute approximate surface area is 153 Å². The zero-order chi connectivity index (χ0) is 18.1. The van der Waals surface area contributed by atoms with Gasteiger partial charge in [-0.3, -0.25) is 4.79 Å². The van der Waals surface area contributed by atoms with Crippen LogP contribution < -0.4 is 5.32 Å². The molecule has 7 heteroatoms. The molecule has 7 nitrogen and oxygen atoms in total. The Balaban J connectivity index is 1.54. The van der Waals surface area contributed by atoms with E-state index in [4.69, 9.17) is 4.74 Å². The highest BCUT2D eigenvalue weighted by Gasteiger charge is 2.29. The molecule has 0 aromatic carbocycles. The Hall–Kier alpha value is -2.28. The van der Waals surface area contributed by atoms with Gasteiger partial charge >= 0.3 is 0 Å². The normalized spacial score (nSPS) is 23.0. The van der Waals surface area contributed by atoms with Crippen LogP contribution in [0.25, 0.3) is 11.4 Å². The van der Waals surface area contributed by atoms with Gasteiger partial charge in [-0.15, -0.1) is 0 Å². The molecule has 2 aromatic heterocycles. The summed E-state index contributed by atoms with van der Waals surface area (Å²) in [5.41, 5.74) is 2.61. The number of hydrogen-bond donors (Lipinski definition) is 1. The van der Waals surface area contributed by atoms with Crippen molar-refractivity contribution in [3.8, 4) is 11.4 Å². The van der Waals surface area contributed by atoms with Crippen LogP contribution in [-0.2, 0) is 11.8 Å². The molecule has 2 aliphatic rings. The number of aryl methyl sites for hydroxylation is 1. The number of carbonyl (C=O) groups excluding carboxylic acids is 1. The van der Waals surface area contributed by atoms with Crippen molar-refractivity contribution in [3.63, 3.8) is 0 Å². The minimum Gasteiger partial charge on any atom is -0.381 e. The third-order valence-corrected chi connectivity index (χ3v) is 5.37. The summed E-state index contributed by atoms with van der Waals surface area (Å²) >= 11 is 0. The second-order valence-electron chi connectivity index (χ2n) is 7.35. The highest BCUT2D eigenvalue weighted by atomic mass is 16.5. The average molecular weight is 355 g/mol. The fourth-order valence-electron chi connectivity index (χ4n) is 3.58. The lowest BCUT2D eigenvalue weighted by atomic mass is 9.93. The summed E-state index contributed by atoms with van der Waals surface area (Å²) in [6.45, 7) is 0. The Morgan fingerprint density at radius 3 is 2.58 bits per heavy atom. The van der Waals surface area contributed by atoms with Crippen molar-refractivity contribution < 1.29 is 9.53 Å². The second-order valence-corrected chi connectivity index (χ2v) is 7.35. The van der Waals surface area contributed by atoms with Crippen LogP contribution in [-0.4, -0.2) is 44.7 Å². The third-order valence-electron chi connectivity index (χ3n) is 5.37. The van der Waals surface area contributed by atoms with Gasteiger partial charge in [-0.05, 0) is 44.6 Å². The first kappa shape index (κ1) is 17.1. The molecule has 2 saturated carbocycles. The fourth-order valence-corrected chi connectivity index (χ4v) is 3.58. The van der Waals surface area contributed by atoms with Gasteiger partial charge in [-0.1, -0.05) is 0 Å². The third kappa shape index (κ3) is 3.62. The van der Waals surface area contributed by atoms with Gasteiger partial charge in [0.1, 0.15) is 0 Å². The van der Waals surface area contributed by atoms with Crippen molar-refractivity contribution in [1.29, 1.82) is 0 Å². The minimum absolute atomic E-state index is 0.169. The molecule has 1 amide bonds. The Kier molecular flexibility index (Phi) is 4.72. The van der Waals surface area contributed by atoms with E-state index in [1.807, 2.05) is 17.7 Å². The van der Waals surface area contributed by atoms with E-state index in [0.717, 1.165) is 55.6 Å². The molecule has 1 N–H and O–H groups in total. The number of aromatic nitrogens is 4. The van der Waals surface area contributed by atoms with Gasteiger partial charge in [0, 0.05) is 31.8 Å². The van der Waals surface area contributed by atoms with Gasteiger partial charge in [-0.2, -0.15) is 0 Å². The largest absolute Gasteiger partial charge is 0.381 e. The lowest BCUT2D eigenvalue weighted by molar-refractivity contribution is 0.0597. The topological polar surface area (TPSA) is 81.9 Å². The van der Waals surface area contributed by atoms with Gasteiger partial charge in [0.2, 0.25) is 5.82 Å². The van der Waals surface area contributed by atoms with Crippen LogP contribution in [0.15, 0.2) is 18.6 Å². The first-order valence-electron chi connectivity index (χ1n) is 9.33. The maximum atomic E-state index is 12.8. The fraction of sp³-hybridized carbons (Fsp3) is 0.579. The maximum absolute atomic E-state index is 12.8. The molecule has 4 rings (SSSR count). The van der Waals surface area contributed by atoms with Gasteiger partial charge in [0.15, 0.2) is 0 Å². The van der Waals surface area contributed by atoms with E-state index in [-0.39, 0.29) is 17.8 Å². The van der Waals surface area contributed by atoms with Gasteiger partial charge < -0.3 is 14.6 Å². The molecule has 0 unspecified atom stereocenters. The van der Waals surface area contributed by atoms with Crippen molar-refractivity contribution >= 4 is 5.91 Å². The van der Waals surface area contributed by atoms with Crippen LogP contribution in [0.1, 0.15) is 60.8 Å². The number of imidazole rings is 1. The predicted octanol–water partition coefficient (Wildman–Crippen LogP) is 2.44. The molecule has 26 heavy (non-hydrogen) atoms. The Bertz CT molecular complexity index is 791. The van der Waals surface area contributed by atoms with E-state index < -0.39 is 0 Å². The minimum atomic E-state index is -0.184. The monoisotopic (exact) mass is 355 g/mol. The second kappa shape index (κ2) is 7.15. The van der Waals surface area contributed by atoms with E-state index in [9.17, 15) is 4.79 Å². The van der Waals surface area contributed by atoms with Crippen molar-refractivity contribution in [2.24, 2.45) is 7.05 Å². The van der Waals surface area contributed by atoms with Crippen LogP contribution in [0, 0.1) is 0 Å². The molecule has 2 fully saturated rings. The summed E-state index contributed by atoms with van der Waals surface area (Å²) in [6.07, 6.45) is 9.90. The highest BCUT2D eigenvalue weighted by molar-refractivity contribution is 5.91. The van der Waals surface area contributed by atoms with E-state index >= 15 is 0 Å². The highest BCUT2D eigenvalue weighted by Crippen LogP contribution is 2.39. The first-order valence-corrected chi connectivity index (χ1v) is 9.33. The number of rotatable bonds is 5. The molecule has 2 aromatic rings. The predicted molar refractivity (Wildman–Crippen MR) is 96.7 cm³/mol. The standard InChI is InChI=1S/C19H25N5O2/c1-24-11-20-10-17(24)16-9-15(12-3-4-12)22-18(23-16)19(25)21-13-5-7-14(26-2)8-6-13/h9-14H,3-8H2,1-2H3,(H,21,25). The zero-order valence-electron chi connectivity index (χ0n) is 15.3. The molecule has 0 bridgehead atoms. The summed E-state index contributed by atoms with van der Waals surface area (Å²) in [4.78, 5) is 26.0. The van der Waals surface area contributed by atoms with Crippen molar-refractivity contribution in [1.82, 2.24) is 24.8 Å². The number of nitrogens with zero attached hydrogens (tertiary/aromatic N) is 4. The number of amides is 1. The SMILES string of the molecule is COC1CCC(NC(=O)c2nc(-c3cncn3C)cc(C3CC3)n2)CC1. The number of ether oxygens (including phenoxy) is 1. The maximum Gasteiger partial charge on any atom is 0.289 e. The van der Waals surface area contributed by atoms with Crippen LogP contribution in [0.4, 0.5) is 0 Å². The first-order chi connectivity index (χ1) is 12.6.